The number of benzene rings is 1. The Kier molecular flexibility index (Phi) is 6.46. The predicted molar refractivity (Wildman–Crippen MR) is 93.7 cm³/mol. The Morgan fingerprint density at radius 1 is 1.23 bits per heavy atom. The Morgan fingerprint density at radius 3 is 2.59 bits per heavy atom. The number of aliphatic imine (C=N–C) groups is 1. The molecule has 1 fully saturated rings. The third kappa shape index (κ3) is 5.53. The Bertz CT molecular complexity index is 516. The van der Waals surface area contributed by atoms with E-state index >= 15 is 0 Å². The number of nitrogens with zero attached hydrogens (tertiary/aromatic N) is 2. The minimum atomic E-state index is 0.482. The van der Waals surface area contributed by atoms with Crippen molar-refractivity contribution >= 4 is 5.96 Å². The van der Waals surface area contributed by atoms with E-state index in [-0.39, 0.29) is 0 Å². The van der Waals surface area contributed by atoms with E-state index in [1.54, 1.807) is 0 Å². The van der Waals surface area contributed by atoms with E-state index in [4.69, 9.17) is 5.73 Å². The fourth-order valence-electron chi connectivity index (χ4n) is 2.69. The number of likely N-dealkylation sites (tertiary alicyclic amines) is 1. The summed E-state index contributed by atoms with van der Waals surface area (Å²) in [5, 5.41) is 3.07. The van der Waals surface area contributed by atoms with Crippen molar-refractivity contribution in [3.05, 3.63) is 47.5 Å². The van der Waals surface area contributed by atoms with Gasteiger partial charge in [0, 0.05) is 13.1 Å². The fourth-order valence-corrected chi connectivity index (χ4v) is 2.69. The lowest BCUT2D eigenvalue weighted by Gasteiger charge is -2.27. The Morgan fingerprint density at radius 2 is 1.91 bits per heavy atom. The monoisotopic (exact) mass is 300 g/mol. The molecule has 0 saturated carbocycles. The lowest BCUT2D eigenvalue weighted by atomic mass is 10.1. The van der Waals surface area contributed by atoms with E-state index < -0.39 is 0 Å². The molecule has 2 rings (SSSR count). The maximum atomic E-state index is 5.89. The lowest BCUT2D eigenvalue weighted by Crippen LogP contribution is -2.32. The van der Waals surface area contributed by atoms with Crippen LogP contribution in [0.1, 0.15) is 37.3 Å². The summed E-state index contributed by atoms with van der Waals surface area (Å²) in [4.78, 5) is 6.98. The number of hydrogen-bond donors (Lipinski definition) is 2. The van der Waals surface area contributed by atoms with E-state index in [1.165, 1.54) is 43.5 Å². The van der Waals surface area contributed by atoms with Gasteiger partial charge in [-0.25, -0.2) is 4.99 Å². The van der Waals surface area contributed by atoms with Crippen LogP contribution < -0.4 is 11.1 Å². The Balaban J connectivity index is 1.95. The van der Waals surface area contributed by atoms with Crippen LogP contribution in [-0.4, -0.2) is 30.5 Å². The van der Waals surface area contributed by atoms with Gasteiger partial charge in [0.05, 0.1) is 6.54 Å². The highest BCUT2D eigenvalue weighted by Gasteiger charge is 2.12. The molecule has 22 heavy (non-hydrogen) atoms. The van der Waals surface area contributed by atoms with Gasteiger partial charge in [0.2, 0.25) is 0 Å². The molecule has 0 atom stereocenters. The summed E-state index contributed by atoms with van der Waals surface area (Å²) in [5.74, 6) is 0.482. The molecule has 120 valence electrons. The minimum absolute atomic E-state index is 0.482. The molecule has 4 nitrogen and oxygen atoms in total. The van der Waals surface area contributed by atoms with Gasteiger partial charge in [-0.15, -0.1) is 0 Å². The third-order valence-corrected chi connectivity index (χ3v) is 3.95. The van der Waals surface area contributed by atoms with Crippen LogP contribution in [0.25, 0.3) is 0 Å². The summed E-state index contributed by atoms with van der Waals surface area (Å²) in [6.45, 7) is 10.5. The van der Waals surface area contributed by atoms with Crippen molar-refractivity contribution < 1.29 is 0 Å². The zero-order valence-corrected chi connectivity index (χ0v) is 13.6. The van der Waals surface area contributed by atoms with E-state index in [0.717, 1.165) is 12.1 Å². The molecular weight excluding hydrogens is 272 g/mol. The van der Waals surface area contributed by atoms with Crippen LogP contribution in [0, 0.1) is 0 Å². The second kappa shape index (κ2) is 8.59. The average molecular weight is 300 g/mol. The number of rotatable bonds is 6. The number of guanidine groups is 1. The first-order chi connectivity index (χ1) is 10.6. The quantitative estimate of drug-likeness (QED) is 0.482. The third-order valence-electron chi connectivity index (χ3n) is 3.95. The molecule has 0 radical (unpaired) electrons. The summed E-state index contributed by atoms with van der Waals surface area (Å²) in [5.41, 5.74) is 9.56. The van der Waals surface area contributed by atoms with E-state index in [9.17, 15) is 0 Å². The normalized spacial score (nSPS) is 16.5. The minimum Gasteiger partial charge on any atom is -0.370 e. The molecule has 0 amide bonds. The first-order valence-corrected chi connectivity index (χ1v) is 8.12. The van der Waals surface area contributed by atoms with E-state index in [0.29, 0.717) is 19.0 Å². The summed E-state index contributed by atoms with van der Waals surface area (Å²) in [6.07, 6.45) is 4.00. The lowest BCUT2D eigenvalue weighted by molar-refractivity contribution is 0.220. The number of hydrogen-bond acceptors (Lipinski definition) is 2. The SMILES string of the molecule is C=C(C)CNC(N)=NCc1ccccc1CN1CCCCC1. The van der Waals surface area contributed by atoms with Gasteiger partial charge in [-0.1, -0.05) is 42.8 Å². The zero-order valence-electron chi connectivity index (χ0n) is 13.6. The number of nitrogens with two attached hydrogens (primary N) is 1. The predicted octanol–water partition coefficient (Wildman–Crippen LogP) is 2.65. The van der Waals surface area contributed by atoms with Gasteiger partial charge < -0.3 is 11.1 Å². The van der Waals surface area contributed by atoms with Crippen LogP contribution >= 0.6 is 0 Å². The van der Waals surface area contributed by atoms with Crippen molar-refractivity contribution in [3.8, 4) is 0 Å². The van der Waals surface area contributed by atoms with E-state index in [1.807, 2.05) is 6.92 Å². The topological polar surface area (TPSA) is 53.6 Å². The Labute approximate surface area is 134 Å². The molecule has 1 saturated heterocycles. The van der Waals surface area contributed by atoms with Gasteiger partial charge >= 0.3 is 0 Å². The summed E-state index contributed by atoms with van der Waals surface area (Å²) in [6, 6.07) is 8.53. The average Bonchev–Trinajstić information content (AvgIpc) is 2.53. The van der Waals surface area contributed by atoms with Crippen LogP contribution in [-0.2, 0) is 13.1 Å². The maximum absolute atomic E-state index is 5.89. The summed E-state index contributed by atoms with van der Waals surface area (Å²) >= 11 is 0. The maximum Gasteiger partial charge on any atom is 0.189 e. The molecular formula is C18H28N4. The van der Waals surface area contributed by atoms with Crippen LogP contribution in [0.2, 0.25) is 0 Å². The fraction of sp³-hybridized carbons (Fsp3) is 0.500. The van der Waals surface area contributed by atoms with Crippen LogP contribution in [0.4, 0.5) is 0 Å². The zero-order chi connectivity index (χ0) is 15.8. The summed E-state index contributed by atoms with van der Waals surface area (Å²) < 4.78 is 0. The van der Waals surface area contributed by atoms with Gasteiger partial charge in [-0.2, -0.15) is 0 Å². The second-order valence-electron chi connectivity index (χ2n) is 6.12. The largest absolute Gasteiger partial charge is 0.370 e. The molecule has 1 aromatic carbocycles. The molecule has 0 unspecified atom stereocenters. The van der Waals surface area contributed by atoms with Crippen molar-refractivity contribution in [2.75, 3.05) is 19.6 Å². The number of nitrogens with one attached hydrogen (secondary N) is 1. The molecule has 3 N–H and O–H groups in total. The molecule has 1 aliphatic heterocycles. The molecule has 1 aliphatic rings. The number of piperidine rings is 1. The standard InChI is InChI=1S/C18H28N4/c1-15(2)12-20-18(19)21-13-16-8-4-5-9-17(16)14-22-10-6-3-7-11-22/h4-5,8-9H,1,3,6-7,10-14H2,2H3,(H3,19,20,21). The first kappa shape index (κ1) is 16.6. The van der Waals surface area contributed by atoms with Crippen molar-refractivity contribution in [2.45, 2.75) is 39.3 Å². The summed E-state index contributed by atoms with van der Waals surface area (Å²) in [7, 11) is 0. The molecule has 0 aromatic heterocycles. The van der Waals surface area contributed by atoms with Crippen molar-refractivity contribution in [3.63, 3.8) is 0 Å². The van der Waals surface area contributed by atoms with Crippen LogP contribution in [0.3, 0.4) is 0 Å². The highest BCUT2D eigenvalue weighted by molar-refractivity contribution is 5.78. The highest BCUT2D eigenvalue weighted by atomic mass is 15.1. The molecule has 0 spiro atoms. The highest BCUT2D eigenvalue weighted by Crippen LogP contribution is 2.16. The Hall–Kier alpha value is -1.81. The van der Waals surface area contributed by atoms with Crippen LogP contribution in [0.5, 0.6) is 0 Å². The van der Waals surface area contributed by atoms with Crippen molar-refractivity contribution in [2.24, 2.45) is 10.7 Å². The van der Waals surface area contributed by atoms with Crippen molar-refractivity contribution in [1.29, 1.82) is 0 Å². The van der Waals surface area contributed by atoms with Gasteiger partial charge in [0.25, 0.3) is 0 Å². The van der Waals surface area contributed by atoms with Gasteiger partial charge in [-0.3, -0.25) is 4.90 Å². The van der Waals surface area contributed by atoms with Gasteiger partial charge in [-0.05, 0) is 44.0 Å². The molecule has 0 aliphatic carbocycles. The first-order valence-electron chi connectivity index (χ1n) is 8.12. The smallest absolute Gasteiger partial charge is 0.189 e. The molecule has 1 heterocycles. The molecule has 0 bridgehead atoms. The van der Waals surface area contributed by atoms with Crippen molar-refractivity contribution in [1.82, 2.24) is 10.2 Å². The molecule has 1 aromatic rings. The molecule has 4 heteroatoms. The van der Waals surface area contributed by atoms with Crippen LogP contribution in [0.15, 0.2) is 41.4 Å². The van der Waals surface area contributed by atoms with Gasteiger partial charge in [0.15, 0.2) is 5.96 Å². The van der Waals surface area contributed by atoms with E-state index in [2.05, 4.69) is 46.1 Å². The second-order valence-corrected chi connectivity index (χ2v) is 6.12. The van der Waals surface area contributed by atoms with Gasteiger partial charge in [0.1, 0.15) is 0 Å².